The molecule has 0 spiro atoms. The molecule has 3 heterocycles. The SMILES string of the molecule is O=C(N[C@H](Cc1ccccc1)c1nnc(N2CCSCC2)o1)c1cccs1. The van der Waals surface area contributed by atoms with Gasteiger partial charge in [-0.3, -0.25) is 4.79 Å². The number of rotatable bonds is 6. The topological polar surface area (TPSA) is 71.3 Å². The fourth-order valence-electron chi connectivity index (χ4n) is 2.94. The Morgan fingerprint density at radius 2 is 1.96 bits per heavy atom. The lowest BCUT2D eigenvalue weighted by Gasteiger charge is -2.24. The van der Waals surface area contributed by atoms with Crippen LogP contribution < -0.4 is 10.2 Å². The molecule has 1 N–H and O–H groups in total. The smallest absolute Gasteiger partial charge is 0.318 e. The lowest BCUT2D eigenvalue weighted by atomic mass is 10.1. The Labute approximate surface area is 166 Å². The Balaban J connectivity index is 1.55. The molecule has 140 valence electrons. The third-order valence-electron chi connectivity index (χ3n) is 4.34. The number of carbonyl (C=O) groups is 1. The predicted octanol–water partition coefficient (Wildman–Crippen LogP) is 3.40. The van der Waals surface area contributed by atoms with Gasteiger partial charge in [0.1, 0.15) is 6.04 Å². The van der Waals surface area contributed by atoms with Gasteiger partial charge in [0.2, 0.25) is 5.89 Å². The second-order valence-corrected chi connectivity index (χ2v) is 8.39. The van der Waals surface area contributed by atoms with Gasteiger partial charge in [-0.05, 0) is 17.0 Å². The molecule has 3 aromatic rings. The number of hydrogen-bond donors (Lipinski definition) is 1. The summed E-state index contributed by atoms with van der Waals surface area (Å²) in [6, 6.07) is 13.8. The number of thiophene rings is 1. The summed E-state index contributed by atoms with van der Waals surface area (Å²) in [4.78, 5) is 15.4. The van der Waals surface area contributed by atoms with Gasteiger partial charge >= 0.3 is 6.01 Å². The van der Waals surface area contributed by atoms with Crippen molar-refractivity contribution in [2.45, 2.75) is 12.5 Å². The average Bonchev–Trinajstić information content (AvgIpc) is 3.41. The highest BCUT2D eigenvalue weighted by atomic mass is 32.2. The van der Waals surface area contributed by atoms with Crippen molar-refractivity contribution in [3.63, 3.8) is 0 Å². The zero-order chi connectivity index (χ0) is 18.5. The zero-order valence-electron chi connectivity index (χ0n) is 14.7. The number of aromatic nitrogens is 2. The summed E-state index contributed by atoms with van der Waals surface area (Å²) in [5.74, 6) is 2.43. The fraction of sp³-hybridized carbons (Fsp3) is 0.316. The molecule has 1 aliphatic heterocycles. The molecule has 1 aromatic carbocycles. The number of nitrogens with one attached hydrogen (secondary N) is 1. The Bertz CT molecular complexity index is 861. The van der Waals surface area contributed by atoms with Crippen LogP contribution in [-0.2, 0) is 6.42 Å². The zero-order valence-corrected chi connectivity index (χ0v) is 16.3. The Kier molecular flexibility index (Phi) is 5.74. The molecule has 0 bridgehead atoms. The molecule has 1 fully saturated rings. The summed E-state index contributed by atoms with van der Waals surface area (Å²) in [6.45, 7) is 1.80. The highest BCUT2D eigenvalue weighted by Crippen LogP contribution is 2.24. The molecule has 0 saturated carbocycles. The van der Waals surface area contributed by atoms with Crippen molar-refractivity contribution in [2.24, 2.45) is 0 Å². The van der Waals surface area contributed by atoms with Crippen molar-refractivity contribution < 1.29 is 9.21 Å². The summed E-state index contributed by atoms with van der Waals surface area (Å²) >= 11 is 3.34. The van der Waals surface area contributed by atoms with Gasteiger partial charge in [0.15, 0.2) is 0 Å². The van der Waals surface area contributed by atoms with Gasteiger partial charge in [0, 0.05) is 31.0 Å². The molecule has 1 amide bonds. The number of amides is 1. The Hall–Kier alpha value is -2.32. The normalized spacial score (nSPS) is 15.5. The van der Waals surface area contributed by atoms with Crippen LogP contribution in [-0.4, -0.2) is 40.7 Å². The first-order valence-corrected chi connectivity index (χ1v) is 10.9. The van der Waals surface area contributed by atoms with Gasteiger partial charge in [-0.25, -0.2) is 0 Å². The van der Waals surface area contributed by atoms with E-state index in [0.29, 0.717) is 23.2 Å². The minimum absolute atomic E-state index is 0.125. The quantitative estimate of drug-likeness (QED) is 0.684. The van der Waals surface area contributed by atoms with Gasteiger partial charge in [-0.2, -0.15) is 11.8 Å². The van der Waals surface area contributed by atoms with E-state index in [2.05, 4.69) is 20.4 Å². The van der Waals surface area contributed by atoms with Crippen LogP contribution in [0.3, 0.4) is 0 Å². The molecule has 0 radical (unpaired) electrons. The van der Waals surface area contributed by atoms with Crippen LogP contribution in [0.15, 0.2) is 52.3 Å². The van der Waals surface area contributed by atoms with Gasteiger partial charge in [-0.1, -0.05) is 41.5 Å². The number of hydrogen-bond acceptors (Lipinski definition) is 7. The van der Waals surface area contributed by atoms with Crippen LogP contribution in [0.5, 0.6) is 0 Å². The van der Waals surface area contributed by atoms with Crippen LogP contribution in [0.4, 0.5) is 6.01 Å². The summed E-state index contributed by atoms with van der Waals surface area (Å²) in [5, 5.41) is 13.4. The second kappa shape index (κ2) is 8.58. The number of benzene rings is 1. The minimum atomic E-state index is -0.373. The molecule has 1 atom stereocenters. The maximum Gasteiger partial charge on any atom is 0.318 e. The monoisotopic (exact) mass is 400 g/mol. The largest absolute Gasteiger partial charge is 0.406 e. The molecule has 4 rings (SSSR count). The molecule has 27 heavy (non-hydrogen) atoms. The number of nitrogens with zero attached hydrogens (tertiary/aromatic N) is 3. The lowest BCUT2D eigenvalue weighted by Crippen LogP contribution is -2.32. The third-order valence-corrected chi connectivity index (χ3v) is 6.15. The van der Waals surface area contributed by atoms with Crippen molar-refractivity contribution >= 4 is 35.0 Å². The average molecular weight is 401 g/mol. The summed E-state index contributed by atoms with van der Waals surface area (Å²) in [7, 11) is 0. The molecule has 1 aliphatic rings. The second-order valence-electron chi connectivity index (χ2n) is 6.22. The molecule has 2 aromatic heterocycles. The van der Waals surface area contributed by atoms with E-state index >= 15 is 0 Å². The van der Waals surface area contributed by atoms with Crippen molar-refractivity contribution in [3.05, 3.63) is 64.2 Å². The van der Waals surface area contributed by atoms with E-state index in [9.17, 15) is 4.79 Å². The van der Waals surface area contributed by atoms with E-state index in [0.717, 1.165) is 30.2 Å². The maximum absolute atomic E-state index is 12.6. The molecule has 1 saturated heterocycles. The van der Waals surface area contributed by atoms with Crippen LogP contribution in [0.2, 0.25) is 0 Å². The standard InChI is InChI=1S/C19H20N4O2S2/c24-17(16-7-4-10-27-16)20-15(13-14-5-2-1-3-6-14)18-21-22-19(25-18)23-8-11-26-12-9-23/h1-7,10,15H,8-9,11-13H2,(H,20,24)/t15-/m1/s1. The van der Waals surface area contributed by atoms with Crippen LogP contribution in [0, 0.1) is 0 Å². The lowest BCUT2D eigenvalue weighted by molar-refractivity contribution is 0.0934. The van der Waals surface area contributed by atoms with Crippen LogP contribution in [0.1, 0.15) is 27.2 Å². The van der Waals surface area contributed by atoms with Gasteiger partial charge in [-0.15, -0.1) is 16.4 Å². The van der Waals surface area contributed by atoms with E-state index in [-0.39, 0.29) is 11.9 Å². The third kappa shape index (κ3) is 4.51. The highest BCUT2D eigenvalue weighted by Gasteiger charge is 2.25. The van der Waals surface area contributed by atoms with Gasteiger partial charge < -0.3 is 14.6 Å². The summed E-state index contributed by atoms with van der Waals surface area (Å²) in [6.07, 6.45) is 0.593. The predicted molar refractivity (Wildman–Crippen MR) is 109 cm³/mol. The number of thioether (sulfide) groups is 1. The Morgan fingerprint density at radius 1 is 1.15 bits per heavy atom. The van der Waals surface area contributed by atoms with E-state index in [1.807, 2.05) is 59.6 Å². The van der Waals surface area contributed by atoms with Gasteiger partial charge in [0.05, 0.1) is 4.88 Å². The number of anilines is 1. The van der Waals surface area contributed by atoms with Crippen LogP contribution in [0.25, 0.3) is 0 Å². The molecule has 8 heteroatoms. The first-order chi connectivity index (χ1) is 13.3. The summed E-state index contributed by atoms with van der Waals surface area (Å²) < 4.78 is 5.96. The maximum atomic E-state index is 12.6. The van der Waals surface area contributed by atoms with Crippen molar-refractivity contribution in [1.29, 1.82) is 0 Å². The molecular weight excluding hydrogens is 380 g/mol. The highest BCUT2D eigenvalue weighted by molar-refractivity contribution is 7.99. The molecule has 6 nitrogen and oxygen atoms in total. The minimum Gasteiger partial charge on any atom is -0.406 e. The van der Waals surface area contributed by atoms with Crippen molar-refractivity contribution in [3.8, 4) is 0 Å². The van der Waals surface area contributed by atoms with Gasteiger partial charge in [0.25, 0.3) is 5.91 Å². The fourth-order valence-corrected chi connectivity index (χ4v) is 4.47. The molecule has 0 aliphatic carbocycles. The van der Waals surface area contributed by atoms with E-state index < -0.39 is 0 Å². The van der Waals surface area contributed by atoms with E-state index in [1.165, 1.54) is 11.3 Å². The van der Waals surface area contributed by atoms with E-state index in [1.54, 1.807) is 0 Å². The molecule has 0 unspecified atom stereocenters. The van der Waals surface area contributed by atoms with E-state index in [4.69, 9.17) is 4.42 Å². The van der Waals surface area contributed by atoms with Crippen molar-refractivity contribution in [2.75, 3.05) is 29.5 Å². The molecular formula is C19H20N4O2S2. The number of carbonyl (C=O) groups excluding carboxylic acids is 1. The summed E-state index contributed by atoms with van der Waals surface area (Å²) in [5.41, 5.74) is 1.10. The van der Waals surface area contributed by atoms with Crippen LogP contribution >= 0.6 is 23.1 Å². The first kappa shape index (κ1) is 18.1. The Morgan fingerprint density at radius 3 is 2.70 bits per heavy atom. The first-order valence-electron chi connectivity index (χ1n) is 8.84. The van der Waals surface area contributed by atoms with Crippen molar-refractivity contribution in [1.82, 2.24) is 15.5 Å².